The predicted molar refractivity (Wildman–Crippen MR) is 156 cm³/mol. The molecule has 0 radical (unpaired) electrons. The lowest BCUT2D eigenvalue weighted by Gasteiger charge is -2.31. The molecule has 1 aliphatic carbocycles. The number of rotatable bonds is 4. The van der Waals surface area contributed by atoms with Crippen molar-refractivity contribution in [3.63, 3.8) is 0 Å². The second kappa shape index (κ2) is 12.4. The standard InChI is InChI=1S/C29H31F3N8O2.ClH/c1-17-16-40(13-10-33-17)28(42)27-34-22-6-2-18(3-7-25(41)39-11-8-20(9-12-39)29(30,31)32)14-21(22)26(36-27)35-24-15-23(37-38-24)19-4-5-19;/h2,6,14-15,17,19-20,33H,4-5,8-13,16H2,1H3,(H2,34,35,36,37,38);1H/t17-;/m1./s1. The third-order valence-corrected chi connectivity index (χ3v) is 7.96. The molecular formula is C29H32ClF3N8O2. The van der Waals surface area contributed by atoms with Crippen molar-refractivity contribution in [2.75, 3.05) is 38.0 Å². The summed E-state index contributed by atoms with van der Waals surface area (Å²) in [6.45, 7) is 3.83. The average molecular weight is 617 g/mol. The fourth-order valence-electron chi connectivity index (χ4n) is 5.40. The maximum Gasteiger partial charge on any atom is 0.391 e. The van der Waals surface area contributed by atoms with Crippen molar-refractivity contribution in [3.8, 4) is 11.8 Å². The van der Waals surface area contributed by atoms with Gasteiger partial charge in [0.05, 0.1) is 11.4 Å². The SMILES string of the molecule is C[C@@H]1CN(C(=O)c2nc(Nc3cc(C4CC4)[nH]n3)c3cc(C#CC(=O)N4CCC(C(F)(F)F)CC4)ccc3n2)CCN1.Cl. The summed E-state index contributed by atoms with van der Waals surface area (Å²) < 4.78 is 38.9. The van der Waals surface area contributed by atoms with Gasteiger partial charge < -0.3 is 20.4 Å². The van der Waals surface area contributed by atoms with Gasteiger partial charge >= 0.3 is 6.18 Å². The van der Waals surface area contributed by atoms with Crippen molar-refractivity contribution >= 4 is 46.8 Å². The fraction of sp³-hybridized carbons (Fsp3) is 0.483. The van der Waals surface area contributed by atoms with Crippen LogP contribution in [0.3, 0.4) is 0 Å². The van der Waals surface area contributed by atoms with Gasteiger partial charge in [-0.3, -0.25) is 14.7 Å². The molecular weight excluding hydrogens is 585 g/mol. The van der Waals surface area contributed by atoms with Gasteiger partial charge in [0.1, 0.15) is 5.82 Å². The molecule has 3 aliphatic rings. The molecule has 4 heterocycles. The van der Waals surface area contributed by atoms with Gasteiger partial charge in [-0.05, 0) is 50.8 Å². The molecule has 14 heteroatoms. The Morgan fingerprint density at radius 1 is 1.05 bits per heavy atom. The first kappa shape index (κ1) is 30.6. The molecule has 3 N–H and O–H groups in total. The van der Waals surface area contributed by atoms with E-state index >= 15 is 0 Å². The summed E-state index contributed by atoms with van der Waals surface area (Å²) in [5.41, 5.74) is 2.05. The molecule has 43 heavy (non-hydrogen) atoms. The van der Waals surface area contributed by atoms with Crippen molar-refractivity contribution in [1.29, 1.82) is 0 Å². The van der Waals surface area contributed by atoms with E-state index < -0.39 is 18.0 Å². The number of amides is 2. The Morgan fingerprint density at radius 3 is 2.51 bits per heavy atom. The highest BCUT2D eigenvalue weighted by Crippen LogP contribution is 2.40. The first-order valence-corrected chi connectivity index (χ1v) is 14.2. The van der Waals surface area contributed by atoms with Gasteiger partial charge in [-0.25, -0.2) is 9.97 Å². The van der Waals surface area contributed by atoms with Crippen LogP contribution in [0.5, 0.6) is 0 Å². The molecule has 2 aromatic heterocycles. The molecule has 6 rings (SSSR count). The number of H-pyrrole nitrogens is 1. The zero-order valence-electron chi connectivity index (χ0n) is 23.5. The Balaban J connectivity index is 0.00000368. The molecule has 1 saturated carbocycles. The topological polar surface area (TPSA) is 119 Å². The monoisotopic (exact) mass is 616 g/mol. The van der Waals surface area contributed by atoms with E-state index in [0.29, 0.717) is 53.7 Å². The average Bonchev–Trinajstić information content (AvgIpc) is 3.73. The maximum absolute atomic E-state index is 13.4. The number of anilines is 2. The lowest BCUT2D eigenvalue weighted by molar-refractivity contribution is -0.185. The number of piperidine rings is 1. The van der Waals surface area contributed by atoms with E-state index in [0.717, 1.165) is 18.5 Å². The summed E-state index contributed by atoms with van der Waals surface area (Å²) in [5, 5.41) is 14.5. The molecule has 2 amide bonds. The maximum atomic E-state index is 13.4. The van der Waals surface area contributed by atoms with Gasteiger partial charge in [-0.15, -0.1) is 12.4 Å². The highest BCUT2D eigenvalue weighted by atomic mass is 35.5. The van der Waals surface area contributed by atoms with Crippen molar-refractivity contribution < 1.29 is 22.8 Å². The number of carbonyl (C=O) groups excluding carboxylic acids is 2. The Hall–Kier alpha value is -3.89. The van der Waals surface area contributed by atoms with E-state index in [1.807, 2.05) is 13.0 Å². The lowest BCUT2D eigenvalue weighted by Crippen LogP contribution is -2.51. The first-order chi connectivity index (χ1) is 20.1. The molecule has 1 aromatic carbocycles. The smallest absolute Gasteiger partial charge is 0.333 e. The number of hydrogen-bond acceptors (Lipinski definition) is 7. The minimum absolute atomic E-state index is 0. The summed E-state index contributed by atoms with van der Waals surface area (Å²) in [4.78, 5) is 38.2. The zero-order valence-corrected chi connectivity index (χ0v) is 24.3. The normalized spacial score (nSPS) is 19.4. The number of aromatic amines is 1. The van der Waals surface area contributed by atoms with Gasteiger partial charge in [0, 0.05) is 73.3 Å². The Labute approximate surface area is 252 Å². The second-order valence-electron chi connectivity index (χ2n) is 11.2. The van der Waals surface area contributed by atoms with Crippen LogP contribution in [0.1, 0.15) is 60.4 Å². The van der Waals surface area contributed by atoms with Crippen LogP contribution >= 0.6 is 12.4 Å². The van der Waals surface area contributed by atoms with E-state index in [1.54, 1.807) is 23.1 Å². The van der Waals surface area contributed by atoms with E-state index in [1.165, 1.54) is 4.90 Å². The lowest BCUT2D eigenvalue weighted by atomic mass is 9.96. The van der Waals surface area contributed by atoms with Crippen molar-refractivity contribution in [3.05, 3.63) is 41.3 Å². The van der Waals surface area contributed by atoms with Gasteiger partial charge in [-0.2, -0.15) is 18.3 Å². The van der Waals surface area contributed by atoms with E-state index in [2.05, 4.69) is 42.6 Å². The van der Waals surface area contributed by atoms with Crippen molar-refractivity contribution in [2.45, 2.75) is 50.7 Å². The molecule has 0 bridgehead atoms. The predicted octanol–water partition coefficient (Wildman–Crippen LogP) is 3.98. The van der Waals surface area contributed by atoms with Crippen LogP contribution in [-0.2, 0) is 4.79 Å². The van der Waals surface area contributed by atoms with Crippen LogP contribution in [0.25, 0.3) is 10.9 Å². The van der Waals surface area contributed by atoms with Crippen LogP contribution in [0.15, 0.2) is 24.3 Å². The number of nitrogens with one attached hydrogen (secondary N) is 3. The van der Waals surface area contributed by atoms with E-state index in [9.17, 15) is 22.8 Å². The number of likely N-dealkylation sites (tertiary alicyclic amines) is 1. The van der Waals surface area contributed by atoms with Crippen LogP contribution in [0.2, 0.25) is 0 Å². The van der Waals surface area contributed by atoms with E-state index in [-0.39, 0.29) is 56.1 Å². The van der Waals surface area contributed by atoms with Crippen LogP contribution in [-0.4, -0.2) is 86.7 Å². The van der Waals surface area contributed by atoms with Crippen molar-refractivity contribution in [1.82, 2.24) is 35.3 Å². The number of nitrogens with zero attached hydrogens (tertiary/aromatic N) is 5. The van der Waals surface area contributed by atoms with E-state index in [4.69, 9.17) is 0 Å². The summed E-state index contributed by atoms with van der Waals surface area (Å²) in [5.74, 6) is 4.71. The molecule has 1 atom stereocenters. The number of hydrogen-bond donors (Lipinski definition) is 3. The van der Waals surface area contributed by atoms with Gasteiger partial charge in [0.15, 0.2) is 5.82 Å². The molecule has 2 aliphatic heterocycles. The Morgan fingerprint density at radius 2 is 1.81 bits per heavy atom. The van der Waals surface area contributed by atoms with Crippen molar-refractivity contribution in [2.24, 2.45) is 5.92 Å². The third-order valence-electron chi connectivity index (χ3n) is 7.96. The molecule has 3 fully saturated rings. The molecule has 10 nitrogen and oxygen atoms in total. The summed E-state index contributed by atoms with van der Waals surface area (Å²) in [6, 6.07) is 7.21. The number of halogens is 4. The summed E-state index contributed by atoms with van der Waals surface area (Å²) in [7, 11) is 0. The van der Waals surface area contributed by atoms with Gasteiger partial charge in [0.2, 0.25) is 5.82 Å². The largest absolute Gasteiger partial charge is 0.391 e. The number of alkyl halides is 3. The fourth-order valence-corrected chi connectivity index (χ4v) is 5.40. The Bertz CT molecular complexity index is 1570. The molecule has 3 aromatic rings. The number of piperazine rings is 1. The summed E-state index contributed by atoms with van der Waals surface area (Å²) in [6.07, 6.45) is -2.27. The Kier molecular flexibility index (Phi) is 8.80. The molecule has 228 valence electrons. The number of fused-ring (bicyclic) bond motifs is 1. The number of carbonyl (C=O) groups is 2. The molecule has 0 spiro atoms. The van der Waals surface area contributed by atoms with Gasteiger partial charge in [-0.1, -0.05) is 5.92 Å². The number of aromatic nitrogens is 4. The first-order valence-electron chi connectivity index (χ1n) is 14.2. The van der Waals surface area contributed by atoms with Crippen LogP contribution in [0, 0.1) is 17.8 Å². The highest BCUT2D eigenvalue weighted by Gasteiger charge is 2.41. The minimum atomic E-state index is -4.25. The van der Waals surface area contributed by atoms with Gasteiger partial charge in [0.25, 0.3) is 11.8 Å². The zero-order chi connectivity index (χ0) is 29.4. The summed E-state index contributed by atoms with van der Waals surface area (Å²) >= 11 is 0. The minimum Gasteiger partial charge on any atom is -0.333 e. The quantitative estimate of drug-likeness (QED) is 0.380. The highest BCUT2D eigenvalue weighted by molar-refractivity contribution is 5.98. The molecule has 0 unspecified atom stereocenters. The molecule has 2 saturated heterocycles. The van der Waals surface area contributed by atoms with Crippen LogP contribution < -0.4 is 10.6 Å². The number of benzene rings is 1. The second-order valence-corrected chi connectivity index (χ2v) is 11.2. The third kappa shape index (κ3) is 7.02. The van der Waals surface area contributed by atoms with Crippen LogP contribution in [0.4, 0.5) is 24.8 Å².